The third-order valence-electron chi connectivity index (χ3n) is 3.14. The number of cyclic esters (lactones) is 1. The Morgan fingerprint density at radius 3 is 2.82 bits per heavy atom. The van der Waals surface area contributed by atoms with Crippen molar-refractivity contribution in [1.29, 1.82) is 0 Å². The van der Waals surface area contributed by atoms with Crippen molar-refractivity contribution in [3.63, 3.8) is 0 Å². The lowest BCUT2D eigenvalue weighted by Crippen LogP contribution is -2.35. The van der Waals surface area contributed by atoms with Gasteiger partial charge in [0, 0.05) is 17.4 Å². The van der Waals surface area contributed by atoms with E-state index in [1.54, 1.807) is 0 Å². The molecule has 4 heteroatoms. The predicted octanol–water partition coefficient (Wildman–Crippen LogP) is 2.51. The highest BCUT2D eigenvalue weighted by Crippen LogP contribution is 2.32. The Hall–Kier alpha value is -1.06. The molecule has 0 aliphatic carbocycles. The van der Waals surface area contributed by atoms with Gasteiger partial charge in [0.15, 0.2) is 0 Å². The zero-order valence-electron chi connectivity index (χ0n) is 9.60. The van der Waals surface area contributed by atoms with Crippen molar-refractivity contribution in [3.05, 3.63) is 34.9 Å². The van der Waals surface area contributed by atoms with Gasteiger partial charge < -0.3 is 9.84 Å². The number of aliphatic hydroxyl groups excluding tert-OH is 1. The van der Waals surface area contributed by atoms with E-state index in [4.69, 9.17) is 16.3 Å². The van der Waals surface area contributed by atoms with Crippen LogP contribution in [0.25, 0.3) is 0 Å². The molecule has 0 saturated carbocycles. The highest BCUT2D eigenvalue weighted by atomic mass is 35.5. The van der Waals surface area contributed by atoms with Crippen molar-refractivity contribution >= 4 is 17.6 Å². The lowest BCUT2D eigenvalue weighted by Gasteiger charge is -2.30. The van der Waals surface area contributed by atoms with Crippen LogP contribution in [-0.4, -0.2) is 23.3 Å². The summed E-state index contributed by atoms with van der Waals surface area (Å²) >= 11 is 6.11. The van der Waals surface area contributed by atoms with Crippen LogP contribution in [0.4, 0.5) is 0 Å². The van der Waals surface area contributed by atoms with Crippen molar-refractivity contribution in [2.45, 2.75) is 37.9 Å². The van der Waals surface area contributed by atoms with Gasteiger partial charge >= 0.3 is 5.97 Å². The number of halogens is 1. The number of hydrogen-bond donors (Lipinski definition) is 1. The van der Waals surface area contributed by atoms with Crippen molar-refractivity contribution in [3.8, 4) is 0 Å². The molecule has 0 aromatic heterocycles. The second kappa shape index (κ2) is 5.07. The fourth-order valence-electron chi connectivity index (χ4n) is 2.16. The Morgan fingerprint density at radius 2 is 2.18 bits per heavy atom. The SMILES string of the molecule is CC(c1ccccc1Cl)C1CC(O)CC(=O)O1. The van der Waals surface area contributed by atoms with Crippen LogP contribution in [0.2, 0.25) is 5.02 Å². The van der Waals surface area contributed by atoms with Crippen LogP contribution >= 0.6 is 11.6 Å². The number of rotatable bonds is 2. The third kappa shape index (κ3) is 2.79. The van der Waals surface area contributed by atoms with E-state index in [1.165, 1.54) is 0 Å². The number of carbonyl (C=O) groups excluding carboxylic acids is 1. The molecule has 3 nitrogen and oxygen atoms in total. The highest BCUT2D eigenvalue weighted by Gasteiger charge is 2.32. The van der Waals surface area contributed by atoms with Gasteiger partial charge in [0.05, 0.1) is 12.5 Å². The van der Waals surface area contributed by atoms with Gasteiger partial charge in [-0.1, -0.05) is 36.7 Å². The summed E-state index contributed by atoms with van der Waals surface area (Å²) in [4.78, 5) is 11.3. The van der Waals surface area contributed by atoms with E-state index in [-0.39, 0.29) is 24.4 Å². The maximum atomic E-state index is 11.3. The first-order chi connectivity index (χ1) is 8.08. The Balaban J connectivity index is 2.17. The lowest BCUT2D eigenvalue weighted by molar-refractivity contribution is -0.161. The highest BCUT2D eigenvalue weighted by molar-refractivity contribution is 6.31. The molecular formula is C13H15ClO3. The normalized spacial score (nSPS) is 26.4. The van der Waals surface area contributed by atoms with E-state index >= 15 is 0 Å². The fourth-order valence-corrected chi connectivity index (χ4v) is 2.47. The molecule has 1 aromatic rings. The summed E-state index contributed by atoms with van der Waals surface area (Å²) in [5.41, 5.74) is 0.945. The Bertz CT molecular complexity index is 419. The molecule has 92 valence electrons. The van der Waals surface area contributed by atoms with E-state index in [0.29, 0.717) is 11.4 Å². The summed E-state index contributed by atoms with van der Waals surface area (Å²) in [6, 6.07) is 7.50. The smallest absolute Gasteiger partial charge is 0.308 e. The summed E-state index contributed by atoms with van der Waals surface area (Å²) in [6.07, 6.45) is -0.346. The van der Waals surface area contributed by atoms with Crippen molar-refractivity contribution in [2.75, 3.05) is 0 Å². The van der Waals surface area contributed by atoms with E-state index in [1.807, 2.05) is 31.2 Å². The van der Waals surface area contributed by atoms with Crippen molar-refractivity contribution in [2.24, 2.45) is 0 Å². The zero-order valence-corrected chi connectivity index (χ0v) is 10.4. The largest absolute Gasteiger partial charge is 0.462 e. The van der Waals surface area contributed by atoms with Crippen molar-refractivity contribution in [1.82, 2.24) is 0 Å². The molecule has 0 spiro atoms. The molecule has 3 unspecified atom stereocenters. The molecule has 2 rings (SSSR count). The Kier molecular flexibility index (Phi) is 3.69. The molecule has 1 saturated heterocycles. The standard InChI is InChI=1S/C13H15ClO3/c1-8(10-4-2-3-5-11(10)14)12-6-9(15)7-13(16)17-12/h2-5,8-9,12,15H,6-7H2,1H3. The molecular weight excluding hydrogens is 240 g/mol. The third-order valence-corrected chi connectivity index (χ3v) is 3.49. The van der Waals surface area contributed by atoms with E-state index < -0.39 is 6.10 Å². The van der Waals surface area contributed by atoms with Crippen LogP contribution in [0, 0.1) is 0 Å². The quantitative estimate of drug-likeness (QED) is 0.825. The maximum absolute atomic E-state index is 11.3. The maximum Gasteiger partial charge on any atom is 0.308 e. The van der Waals surface area contributed by atoms with Crippen LogP contribution < -0.4 is 0 Å². The Labute approximate surface area is 105 Å². The number of ether oxygens (including phenoxy) is 1. The first-order valence-electron chi connectivity index (χ1n) is 5.70. The van der Waals surface area contributed by atoms with Gasteiger partial charge in [-0.25, -0.2) is 0 Å². The molecule has 17 heavy (non-hydrogen) atoms. The summed E-state index contributed by atoms with van der Waals surface area (Å²) in [6.45, 7) is 1.96. The predicted molar refractivity (Wildman–Crippen MR) is 65.0 cm³/mol. The minimum absolute atomic E-state index is 0.0115. The average Bonchev–Trinajstić information content (AvgIpc) is 2.27. The van der Waals surface area contributed by atoms with E-state index in [2.05, 4.69) is 0 Å². The first kappa shape index (κ1) is 12.4. The van der Waals surface area contributed by atoms with Crippen LogP contribution in [0.5, 0.6) is 0 Å². The number of carbonyl (C=O) groups is 1. The van der Waals surface area contributed by atoms with E-state index in [9.17, 15) is 9.90 Å². The minimum Gasteiger partial charge on any atom is -0.462 e. The van der Waals surface area contributed by atoms with Crippen LogP contribution in [0.3, 0.4) is 0 Å². The Morgan fingerprint density at radius 1 is 1.47 bits per heavy atom. The molecule has 1 aliphatic rings. The molecule has 1 N–H and O–H groups in total. The molecule has 3 atom stereocenters. The van der Waals surface area contributed by atoms with E-state index in [0.717, 1.165) is 5.56 Å². The number of hydrogen-bond acceptors (Lipinski definition) is 3. The number of aliphatic hydroxyl groups is 1. The number of benzene rings is 1. The molecule has 0 radical (unpaired) electrons. The van der Waals surface area contributed by atoms with Gasteiger partial charge in [-0.3, -0.25) is 4.79 Å². The van der Waals surface area contributed by atoms with Gasteiger partial charge in [0.1, 0.15) is 6.10 Å². The van der Waals surface area contributed by atoms with Crippen molar-refractivity contribution < 1.29 is 14.6 Å². The summed E-state index contributed by atoms with van der Waals surface area (Å²) in [5, 5.41) is 10.2. The first-order valence-corrected chi connectivity index (χ1v) is 6.07. The topological polar surface area (TPSA) is 46.5 Å². The second-order valence-electron chi connectivity index (χ2n) is 4.43. The molecule has 0 amide bonds. The summed E-state index contributed by atoms with van der Waals surface area (Å²) in [7, 11) is 0. The minimum atomic E-state index is -0.605. The summed E-state index contributed by atoms with van der Waals surface area (Å²) in [5.74, 6) is -0.352. The monoisotopic (exact) mass is 254 g/mol. The molecule has 1 fully saturated rings. The van der Waals surface area contributed by atoms with Crippen LogP contribution in [0.15, 0.2) is 24.3 Å². The molecule has 1 heterocycles. The zero-order chi connectivity index (χ0) is 12.4. The van der Waals surface area contributed by atoms with Gasteiger partial charge in [-0.05, 0) is 11.6 Å². The molecule has 1 aliphatic heterocycles. The molecule has 1 aromatic carbocycles. The molecule has 0 bridgehead atoms. The summed E-state index contributed by atoms with van der Waals surface area (Å²) < 4.78 is 5.27. The average molecular weight is 255 g/mol. The van der Waals surface area contributed by atoms with Gasteiger partial charge in [0.25, 0.3) is 0 Å². The van der Waals surface area contributed by atoms with Crippen LogP contribution in [-0.2, 0) is 9.53 Å². The van der Waals surface area contributed by atoms with Crippen LogP contribution in [0.1, 0.15) is 31.2 Å². The van der Waals surface area contributed by atoms with Gasteiger partial charge in [-0.15, -0.1) is 0 Å². The number of esters is 1. The lowest BCUT2D eigenvalue weighted by atomic mass is 9.89. The fraction of sp³-hybridized carbons (Fsp3) is 0.462. The van der Waals surface area contributed by atoms with Gasteiger partial charge in [0.2, 0.25) is 0 Å². The van der Waals surface area contributed by atoms with Gasteiger partial charge in [-0.2, -0.15) is 0 Å². The second-order valence-corrected chi connectivity index (χ2v) is 4.84.